The summed E-state index contributed by atoms with van der Waals surface area (Å²) >= 11 is 0. The van der Waals surface area contributed by atoms with Crippen molar-refractivity contribution in [1.82, 2.24) is 19.5 Å². The normalized spacial score (nSPS) is 22.5. The highest BCUT2D eigenvalue weighted by atomic mass is 19.4. The van der Waals surface area contributed by atoms with Crippen LogP contribution >= 0.6 is 0 Å². The van der Waals surface area contributed by atoms with Gasteiger partial charge in [-0.15, -0.1) is 0 Å². The number of nitrogens with zero attached hydrogens (tertiary/aromatic N) is 4. The summed E-state index contributed by atoms with van der Waals surface area (Å²) in [5.41, 5.74) is 6.58. The molecule has 3 aromatic rings. The van der Waals surface area contributed by atoms with Crippen molar-refractivity contribution in [2.24, 2.45) is 11.7 Å². The summed E-state index contributed by atoms with van der Waals surface area (Å²) in [5.74, 6) is 1.45. The van der Waals surface area contributed by atoms with Crippen LogP contribution in [0.4, 0.5) is 30.8 Å². The van der Waals surface area contributed by atoms with Gasteiger partial charge in [0.1, 0.15) is 5.52 Å². The molecular weight excluding hydrogens is 471 g/mol. The molecule has 2 aromatic heterocycles. The number of rotatable bonds is 6. The van der Waals surface area contributed by atoms with E-state index in [4.69, 9.17) is 20.4 Å². The number of halogens is 3. The van der Waals surface area contributed by atoms with Crippen LogP contribution in [0.3, 0.4) is 0 Å². The van der Waals surface area contributed by atoms with Crippen molar-refractivity contribution in [3.63, 3.8) is 0 Å². The minimum atomic E-state index is -4.43. The van der Waals surface area contributed by atoms with E-state index in [0.717, 1.165) is 50.7 Å². The molecule has 36 heavy (non-hydrogen) atoms. The lowest BCUT2D eigenvalue weighted by Crippen LogP contribution is -2.41. The predicted molar refractivity (Wildman–Crippen MR) is 132 cm³/mol. The average molecular weight is 504 g/mol. The fourth-order valence-corrected chi connectivity index (χ4v) is 5.14. The molecule has 0 radical (unpaired) electrons. The van der Waals surface area contributed by atoms with Crippen LogP contribution in [0.2, 0.25) is 0 Å². The first-order chi connectivity index (χ1) is 17.2. The first-order valence-electron chi connectivity index (χ1n) is 12.5. The Bertz CT molecular complexity index is 1200. The Morgan fingerprint density at radius 1 is 1.14 bits per heavy atom. The van der Waals surface area contributed by atoms with Crippen molar-refractivity contribution in [3.8, 4) is 0 Å². The van der Waals surface area contributed by atoms with E-state index in [0.29, 0.717) is 54.4 Å². The highest BCUT2D eigenvalue weighted by molar-refractivity contribution is 5.76. The molecule has 1 saturated heterocycles. The van der Waals surface area contributed by atoms with Gasteiger partial charge in [-0.05, 0) is 76.1 Å². The van der Waals surface area contributed by atoms with Crippen molar-refractivity contribution in [2.75, 3.05) is 30.4 Å². The number of alkyl halides is 3. The number of nitrogens with two attached hydrogens (primary N) is 1. The van der Waals surface area contributed by atoms with Crippen molar-refractivity contribution in [2.45, 2.75) is 63.2 Å². The molecule has 2 fully saturated rings. The zero-order chi connectivity index (χ0) is 25.3. The van der Waals surface area contributed by atoms with Crippen LogP contribution in [0.25, 0.3) is 11.2 Å². The highest BCUT2D eigenvalue weighted by Crippen LogP contribution is 2.38. The number of hydrogen-bond donors (Lipinski definition) is 3. The number of benzene rings is 1. The van der Waals surface area contributed by atoms with Gasteiger partial charge in [0.25, 0.3) is 0 Å². The number of fused-ring (bicyclic) bond motifs is 1. The van der Waals surface area contributed by atoms with Crippen LogP contribution in [0.1, 0.15) is 57.1 Å². The molecule has 3 heterocycles. The smallest absolute Gasteiger partial charge is 0.381 e. The van der Waals surface area contributed by atoms with Crippen LogP contribution in [-0.2, 0) is 10.9 Å². The number of ether oxygens (including phenoxy) is 1. The Kier molecular flexibility index (Phi) is 6.78. The van der Waals surface area contributed by atoms with Gasteiger partial charge in [0.05, 0.1) is 11.8 Å². The maximum atomic E-state index is 13.3. The number of imidazole rings is 1. The quantitative estimate of drug-likeness (QED) is 0.422. The second-order valence-electron chi connectivity index (χ2n) is 10.1. The highest BCUT2D eigenvalue weighted by Gasteiger charge is 2.32. The molecule has 5 rings (SSSR count). The lowest BCUT2D eigenvalue weighted by molar-refractivity contribution is -0.137. The largest absolute Gasteiger partial charge is 0.416 e. The molecular formula is C25H32F3N7O. The molecule has 1 saturated carbocycles. The SMILES string of the molecule is CC1(Nc2ncc3nc(Nc4cccc(C(F)(F)F)c4)n([C@H]4CC[C@H](CN)CC4)c3n2)CCOCC1. The van der Waals surface area contributed by atoms with Crippen LogP contribution in [0, 0.1) is 5.92 Å². The Morgan fingerprint density at radius 3 is 2.58 bits per heavy atom. The Morgan fingerprint density at radius 2 is 1.89 bits per heavy atom. The van der Waals surface area contributed by atoms with E-state index >= 15 is 0 Å². The van der Waals surface area contributed by atoms with E-state index in [2.05, 4.69) is 22.5 Å². The fourth-order valence-electron chi connectivity index (χ4n) is 5.14. The zero-order valence-corrected chi connectivity index (χ0v) is 20.3. The summed E-state index contributed by atoms with van der Waals surface area (Å²) in [7, 11) is 0. The molecule has 1 aliphatic carbocycles. The van der Waals surface area contributed by atoms with Gasteiger partial charge in [-0.1, -0.05) is 6.07 Å². The monoisotopic (exact) mass is 503 g/mol. The Balaban J connectivity index is 1.51. The minimum absolute atomic E-state index is 0.104. The first-order valence-corrected chi connectivity index (χ1v) is 12.5. The molecule has 4 N–H and O–H groups in total. The van der Waals surface area contributed by atoms with Gasteiger partial charge in [-0.3, -0.25) is 4.57 Å². The molecule has 11 heteroatoms. The van der Waals surface area contributed by atoms with E-state index < -0.39 is 11.7 Å². The van der Waals surface area contributed by atoms with Crippen molar-refractivity contribution in [3.05, 3.63) is 36.0 Å². The second kappa shape index (κ2) is 9.85. The Labute approximate surface area is 207 Å². The third-order valence-electron chi connectivity index (χ3n) is 7.40. The fraction of sp³-hybridized carbons (Fsp3) is 0.560. The summed E-state index contributed by atoms with van der Waals surface area (Å²) < 4.78 is 47.4. The molecule has 8 nitrogen and oxygen atoms in total. The molecule has 194 valence electrons. The van der Waals surface area contributed by atoms with Crippen LogP contribution in [0.15, 0.2) is 30.5 Å². The van der Waals surface area contributed by atoms with Gasteiger partial charge in [-0.25, -0.2) is 9.97 Å². The molecule has 0 amide bonds. The molecule has 0 bridgehead atoms. The van der Waals surface area contributed by atoms with Gasteiger partial charge < -0.3 is 21.1 Å². The van der Waals surface area contributed by atoms with Crippen molar-refractivity contribution in [1.29, 1.82) is 0 Å². The van der Waals surface area contributed by atoms with E-state index in [1.54, 1.807) is 12.3 Å². The van der Waals surface area contributed by atoms with Gasteiger partial charge in [-0.2, -0.15) is 18.2 Å². The van der Waals surface area contributed by atoms with E-state index in [1.807, 2.05) is 4.57 Å². The molecule has 2 aliphatic rings. The second-order valence-corrected chi connectivity index (χ2v) is 10.1. The summed E-state index contributed by atoms with van der Waals surface area (Å²) in [4.78, 5) is 14.0. The van der Waals surface area contributed by atoms with Gasteiger partial charge in [0.2, 0.25) is 11.9 Å². The molecule has 1 aromatic carbocycles. The third-order valence-corrected chi connectivity index (χ3v) is 7.40. The standard InChI is InChI=1S/C25H32F3N7O/c1-24(9-11-36-12-10-24)34-22-30-15-20-21(33-22)35(19-7-5-16(14-29)6-8-19)23(32-20)31-18-4-2-3-17(13-18)25(26,27)28/h2-4,13,15-16,19H,5-12,14,29H2,1H3,(H,31,32)(H,30,33,34)/t16-,19-. The average Bonchev–Trinajstić information content (AvgIpc) is 3.21. The molecule has 0 unspecified atom stereocenters. The number of aromatic nitrogens is 4. The topological polar surface area (TPSA) is 103 Å². The van der Waals surface area contributed by atoms with Crippen molar-refractivity contribution >= 4 is 28.7 Å². The van der Waals surface area contributed by atoms with E-state index in [-0.39, 0.29) is 11.6 Å². The summed E-state index contributed by atoms with van der Waals surface area (Å²) in [6, 6.07) is 5.26. The first kappa shape index (κ1) is 24.8. The third kappa shape index (κ3) is 5.27. The van der Waals surface area contributed by atoms with Crippen LogP contribution in [-0.4, -0.2) is 44.8 Å². The maximum absolute atomic E-state index is 13.3. The minimum Gasteiger partial charge on any atom is -0.381 e. The van der Waals surface area contributed by atoms with Gasteiger partial charge in [0, 0.05) is 30.5 Å². The predicted octanol–water partition coefficient (Wildman–Crippen LogP) is 5.26. The van der Waals surface area contributed by atoms with Crippen LogP contribution in [0.5, 0.6) is 0 Å². The van der Waals surface area contributed by atoms with Crippen LogP contribution < -0.4 is 16.4 Å². The lowest BCUT2D eigenvalue weighted by Gasteiger charge is -2.34. The van der Waals surface area contributed by atoms with E-state index in [1.165, 1.54) is 6.07 Å². The lowest BCUT2D eigenvalue weighted by atomic mass is 9.86. The number of hydrogen-bond acceptors (Lipinski definition) is 7. The number of nitrogens with one attached hydrogen (secondary N) is 2. The number of anilines is 3. The molecule has 0 spiro atoms. The summed E-state index contributed by atoms with van der Waals surface area (Å²) in [6.45, 7) is 4.15. The molecule has 1 aliphatic heterocycles. The molecule has 0 atom stereocenters. The summed E-state index contributed by atoms with van der Waals surface area (Å²) in [6.07, 6.45) is 2.70. The van der Waals surface area contributed by atoms with Gasteiger partial charge in [0.15, 0.2) is 5.65 Å². The van der Waals surface area contributed by atoms with Gasteiger partial charge >= 0.3 is 6.18 Å². The Hall–Kier alpha value is -2.92. The van der Waals surface area contributed by atoms with Crippen molar-refractivity contribution < 1.29 is 17.9 Å². The van der Waals surface area contributed by atoms with E-state index in [9.17, 15) is 13.2 Å². The maximum Gasteiger partial charge on any atom is 0.416 e. The summed E-state index contributed by atoms with van der Waals surface area (Å²) in [5, 5.41) is 6.60. The zero-order valence-electron chi connectivity index (χ0n) is 20.3.